The van der Waals surface area contributed by atoms with Crippen LogP contribution in [0.3, 0.4) is 0 Å². The van der Waals surface area contributed by atoms with Gasteiger partial charge < -0.3 is 40.1 Å². The van der Waals surface area contributed by atoms with Crippen LogP contribution in [0.2, 0.25) is 0 Å². The van der Waals surface area contributed by atoms with Gasteiger partial charge in [-0.05, 0) is 13.8 Å². The highest BCUT2D eigenvalue weighted by atomic mass is 16.5. The average molecular weight is 330 g/mol. The molecule has 0 saturated heterocycles. The van der Waals surface area contributed by atoms with Crippen LogP contribution in [0.25, 0.3) is 0 Å². The highest BCUT2D eigenvalue weighted by Gasteiger charge is 2.29. The molecule has 10 nitrogen and oxygen atoms in total. The first-order valence-electron chi connectivity index (χ1n) is 6.48. The molecule has 0 aromatic heterocycles. The monoisotopic (exact) mass is 330 g/mol. The number of aliphatic hydroxyl groups excluding tert-OH is 4. The number of ether oxygens (including phenoxy) is 2. The van der Waals surface area contributed by atoms with E-state index in [1.807, 2.05) is 13.8 Å². The van der Waals surface area contributed by atoms with E-state index in [0.29, 0.717) is 13.2 Å². The Morgan fingerprint density at radius 1 is 0.818 bits per heavy atom. The minimum Gasteiger partial charge on any atom is -0.479 e. The first-order valence-corrected chi connectivity index (χ1v) is 6.48. The molecule has 0 aliphatic rings. The summed E-state index contributed by atoms with van der Waals surface area (Å²) >= 11 is 0. The van der Waals surface area contributed by atoms with Crippen molar-refractivity contribution < 1.29 is 49.7 Å². The predicted molar refractivity (Wildman–Crippen MR) is 74.4 cm³/mol. The molecule has 0 radical (unpaired) electrons. The number of carbonyl (C=O) groups is 2. The number of carboxylic acid groups (broad SMARTS) is 2. The van der Waals surface area contributed by atoms with Gasteiger partial charge in [0.05, 0.1) is 26.4 Å². The third-order valence-electron chi connectivity index (χ3n) is 1.68. The molecule has 0 spiro atoms. The van der Waals surface area contributed by atoms with Crippen molar-refractivity contribution in [3.63, 3.8) is 0 Å². The van der Waals surface area contributed by atoms with Gasteiger partial charge in [0.15, 0.2) is 12.2 Å². The molecule has 0 aromatic carbocycles. The zero-order valence-electron chi connectivity index (χ0n) is 12.7. The topological polar surface area (TPSA) is 174 Å². The summed E-state index contributed by atoms with van der Waals surface area (Å²) in [5.41, 5.74) is 0. The van der Waals surface area contributed by atoms with Crippen LogP contribution in [0.4, 0.5) is 0 Å². The molecule has 0 fully saturated rings. The zero-order chi connectivity index (χ0) is 18.0. The molecule has 0 saturated carbocycles. The van der Waals surface area contributed by atoms with E-state index in [1.165, 1.54) is 0 Å². The van der Waals surface area contributed by atoms with Crippen LogP contribution in [0, 0.1) is 0 Å². The van der Waals surface area contributed by atoms with E-state index in [9.17, 15) is 9.59 Å². The molecule has 10 heteroatoms. The quantitative estimate of drug-likeness (QED) is 0.257. The maximum absolute atomic E-state index is 9.77. The fourth-order valence-electron chi connectivity index (χ4n) is 0.705. The lowest BCUT2D eigenvalue weighted by molar-refractivity contribution is -0.165. The first kappa shape index (κ1) is 25.6. The van der Waals surface area contributed by atoms with Gasteiger partial charge in [0.25, 0.3) is 0 Å². The zero-order valence-corrected chi connectivity index (χ0v) is 12.7. The fraction of sp³-hybridized carbons (Fsp3) is 0.833. The molecule has 0 heterocycles. The van der Waals surface area contributed by atoms with Crippen molar-refractivity contribution in [3.8, 4) is 0 Å². The second-order valence-corrected chi connectivity index (χ2v) is 3.41. The van der Waals surface area contributed by atoms with Gasteiger partial charge in [0.1, 0.15) is 0 Å². The summed E-state index contributed by atoms with van der Waals surface area (Å²) in [7, 11) is 0. The van der Waals surface area contributed by atoms with Crippen molar-refractivity contribution in [2.24, 2.45) is 0 Å². The van der Waals surface area contributed by atoms with Gasteiger partial charge in [-0.1, -0.05) is 0 Å². The van der Waals surface area contributed by atoms with E-state index in [2.05, 4.69) is 4.74 Å². The van der Waals surface area contributed by atoms with Gasteiger partial charge in [0.2, 0.25) is 0 Å². The standard InChI is InChI=1S/C4H6O6.C4H10O3.C4H10O/c5-1(3(7)8)2(6)4(9)10;5-1-3-7-4-2-6;1-3-5-4-2/h1-2,5-6H,(H,7,8)(H,9,10);5-6H,1-4H2;3-4H2,1-2H3. The van der Waals surface area contributed by atoms with Crippen LogP contribution in [0.1, 0.15) is 13.8 Å². The van der Waals surface area contributed by atoms with Crippen molar-refractivity contribution in [2.75, 3.05) is 39.6 Å². The highest BCUT2D eigenvalue weighted by Crippen LogP contribution is 1.92. The third kappa shape index (κ3) is 21.0. The smallest absolute Gasteiger partial charge is 0.335 e. The number of carboxylic acids is 2. The van der Waals surface area contributed by atoms with Crippen molar-refractivity contribution in [2.45, 2.75) is 26.1 Å². The molecule has 0 aromatic rings. The lowest BCUT2D eigenvalue weighted by Gasteiger charge is -2.07. The maximum Gasteiger partial charge on any atom is 0.335 e. The molecule has 22 heavy (non-hydrogen) atoms. The van der Waals surface area contributed by atoms with Crippen LogP contribution in [0.5, 0.6) is 0 Å². The Morgan fingerprint density at radius 3 is 1.27 bits per heavy atom. The van der Waals surface area contributed by atoms with Crippen molar-refractivity contribution >= 4 is 11.9 Å². The van der Waals surface area contributed by atoms with Crippen LogP contribution in [-0.2, 0) is 19.1 Å². The van der Waals surface area contributed by atoms with Gasteiger partial charge in [-0.15, -0.1) is 0 Å². The van der Waals surface area contributed by atoms with Crippen molar-refractivity contribution in [1.29, 1.82) is 0 Å². The van der Waals surface area contributed by atoms with Gasteiger partial charge in [0, 0.05) is 13.2 Å². The lowest BCUT2D eigenvalue weighted by Crippen LogP contribution is -2.39. The number of hydrogen-bond acceptors (Lipinski definition) is 8. The molecule has 134 valence electrons. The molecule has 0 aliphatic heterocycles. The summed E-state index contributed by atoms with van der Waals surface area (Å²) in [6, 6.07) is 0. The Labute approximate surface area is 128 Å². The van der Waals surface area contributed by atoms with Crippen LogP contribution in [-0.4, -0.2) is 94.4 Å². The fourth-order valence-corrected chi connectivity index (χ4v) is 0.705. The summed E-state index contributed by atoms with van der Waals surface area (Å²) in [6.07, 6.45) is -4.53. The summed E-state index contributed by atoms with van der Waals surface area (Å²) in [5.74, 6) is -3.54. The van der Waals surface area contributed by atoms with Crippen molar-refractivity contribution in [3.05, 3.63) is 0 Å². The number of aliphatic hydroxyl groups is 4. The number of aliphatic carboxylic acids is 2. The Balaban J connectivity index is -0.000000263. The van der Waals surface area contributed by atoms with E-state index in [4.69, 9.17) is 35.4 Å². The van der Waals surface area contributed by atoms with E-state index >= 15 is 0 Å². The van der Waals surface area contributed by atoms with E-state index in [0.717, 1.165) is 13.2 Å². The highest BCUT2D eigenvalue weighted by molar-refractivity contribution is 5.83. The van der Waals surface area contributed by atoms with E-state index in [1.54, 1.807) is 0 Å². The Kier molecular flexibility index (Phi) is 23.0. The minimum absolute atomic E-state index is 0.0278. The minimum atomic E-state index is -2.27. The maximum atomic E-state index is 9.77. The van der Waals surface area contributed by atoms with Gasteiger partial charge >= 0.3 is 11.9 Å². The SMILES string of the molecule is CCOCC.O=C(O)C(O)C(O)C(=O)O.OCCOCCO. The van der Waals surface area contributed by atoms with Crippen LogP contribution < -0.4 is 0 Å². The van der Waals surface area contributed by atoms with Crippen LogP contribution >= 0.6 is 0 Å². The summed E-state index contributed by atoms with van der Waals surface area (Å²) in [4.78, 5) is 19.5. The first-order chi connectivity index (χ1) is 10.3. The molecule has 0 rings (SSSR count). The summed E-state index contributed by atoms with van der Waals surface area (Å²) in [6.45, 7) is 6.36. The molecule has 6 N–H and O–H groups in total. The van der Waals surface area contributed by atoms with E-state index < -0.39 is 24.1 Å². The molecule has 0 amide bonds. The molecule has 2 atom stereocenters. The molecule has 0 bridgehead atoms. The Bertz CT molecular complexity index is 234. The Morgan fingerprint density at radius 2 is 1.14 bits per heavy atom. The van der Waals surface area contributed by atoms with Crippen LogP contribution in [0.15, 0.2) is 0 Å². The number of rotatable bonds is 9. The number of hydrogen-bond donors (Lipinski definition) is 6. The summed E-state index contributed by atoms with van der Waals surface area (Å²) in [5, 5.41) is 48.7. The normalized spacial score (nSPS) is 12.1. The molecule has 2 unspecified atom stereocenters. The van der Waals surface area contributed by atoms with Gasteiger partial charge in [-0.3, -0.25) is 0 Å². The predicted octanol–water partition coefficient (Wildman–Crippen LogP) is -2.09. The average Bonchev–Trinajstić information content (AvgIpc) is 2.48. The molecular formula is C12H26O10. The molecular weight excluding hydrogens is 304 g/mol. The lowest BCUT2D eigenvalue weighted by atomic mass is 10.2. The largest absolute Gasteiger partial charge is 0.479 e. The van der Waals surface area contributed by atoms with Gasteiger partial charge in [-0.2, -0.15) is 0 Å². The second kappa shape index (κ2) is 19.7. The van der Waals surface area contributed by atoms with Gasteiger partial charge in [-0.25, -0.2) is 9.59 Å². The van der Waals surface area contributed by atoms with Crippen molar-refractivity contribution in [1.82, 2.24) is 0 Å². The molecule has 0 aliphatic carbocycles. The third-order valence-corrected chi connectivity index (χ3v) is 1.68. The Hall–Kier alpha value is -1.30. The van der Waals surface area contributed by atoms with E-state index in [-0.39, 0.29) is 13.2 Å². The summed E-state index contributed by atoms with van der Waals surface area (Å²) < 4.78 is 9.47. The second-order valence-electron chi connectivity index (χ2n) is 3.41.